The molecule has 7 nitrogen and oxygen atoms in total. The van der Waals surface area contributed by atoms with Gasteiger partial charge in [-0.2, -0.15) is 0 Å². The van der Waals surface area contributed by atoms with E-state index in [1.54, 1.807) is 18.5 Å². The minimum Gasteiger partial charge on any atom is -0.399 e. The van der Waals surface area contributed by atoms with Crippen LogP contribution in [0.2, 0.25) is 0 Å². The molecule has 3 aromatic rings. The van der Waals surface area contributed by atoms with Gasteiger partial charge >= 0.3 is 6.03 Å². The minimum atomic E-state index is -4.04. The second-order valence-corrected chi connectivity index (χ2v) is 7.80. The van der Waals surface area contributed by atoms with Crippen LogP contribution in [-0.2, 0) is 16.4 Å². The van der Waals surface area contributed by atoms with Gasteiger partial charge in [0.2, 0.25) is 9.84 Å². The van der Waals surface area contributed by atoms with Gasteiger partial charge < -0.3 is 16.4 Å². The lowest BCUT2D eigenvalue weighted by Crippen LogP contribution is -2.28. The van der Waals surface area contributed by atoms with Crippen molar-refractivity contribution in [2.75, 3.05) is 11.1 Å². The number of aromatic nitrogens is 1. The molecule has 3 rings (SSSR count). The van der Waals surface area contributed by atoms with Crippen molar-refractivity contribution in [3.05, 3.63) is 78.4 Å². The monoisotopic (exact) mass is 400 g/mol. The molecule has 1 heterocycles. The molecule has 0 aliphatic heterocycles. The summed E-state index contributed by atoms with van der Waals surface area (Å²) < 4.78 is 39.1. The Labute approximate surface area is 161 Å². The zero-order valence-electron chi connectivity index (χ0n) is 14.6. The average molecular weight is 400 g/mol. The summed E-state index contributed by atoms with van der Waals surface area (Å²) in [7, 11) is -4.04. The molecule has 0 fully saturated rings. The molecule has 28 heavy (non-hydrogen) atoms. The first-order chi connectivity index (χ1) is 13.4. The topological polar surface area (TPSA) is 114 Å². The van der Waals surface area contributed by atoms with Crippen molar-refractivity contribution in [1.82, 2.24) is 10.3 Å². The maximum absolute atomic E-state index is 14.0. The number of sulfone groups is 1. The fraction of sp³-hybridized carbons (Fsp3) is 0.0526. The highest BCUT2D eigenvalue weighted by atomic mass is 32.2. The summed E-state index contributed by atoms with van der Waals surface area (Å²) in [6.45, 7) is 0.294. The largest absolute Gasteiger partial charge is 0.399 e. The number of nitrogens with two attached hydrogens (primary N) is 1. The summed E-state index contributed by atoms with van der Waals surface area (Å²) in [6.07, 6.45) is 3.27. The third kappa shape index (κ3) is 4.44. The van der Waals surface area contributed by atoms with Crippen molar-refractivity contribution in [3.63, 3.8) is 0 Å². The van der Waals surface area contributed by atoms with E-state index in [9.17, 15) is 17.6 Å². The molecule has 0 unspecified atom stereocenters. The second kappa shape index (κ2) is 8.05. The fourth-order valence-electron chi connectivity index (χ4n) is 2.44. The first kappa shape index (κ1) is 19.3. The molecule has 0 spiro atoms. The average Bonchev–Trinajstić information content (AvgIpc) is 2.67. The molecular weight excluding hydrogens is 383 g/mol. The van der Waals surface area contributed by atoms with Crippen LogP contribution >= 0.6 is 0 Å². The van der Waals surface area contributed by atoms with Crippen LogP contribution in [0.25, 0.3) is 0 Å². The van der Waals surface area contributed by atoms with Gasteiger partial charge in [-0.25, -0.2) is 17.6 Å². The normalized spacial score (nSPS) is 11.0. The number of nitrogens with zero attached hydrogens (tertiary/aromatic N) is 1. The van der Waals surface area contributed by atoms with E-state index >= 15 is 0 Å². The lowest BCUT2D eigenvalue weighted by atomic mass is 10.3. The van der Waals surface area contributed by atoms with Gasteiger partial charge in [-0.3, -0.25) is 4.98 Å². The van der Waals surface area contributed by atoms with Gasteiger partial charge in [0.25, 0.3) is 0 Å². The molecular formula is C19H17FN4O3S. The number of hydrogen-bond acceptors (Lipinski definition) is 5. The SMILES string of the molecule is Nc1ccc(S(=O)(=O)c2ccc(NC(=O)NCc3cccnc3)cc2)c(F)c1. The predicted molar refractivity (Wildman–Crippen MR) is 103 cm³/mol. The fourth-order valence-corrected chi connectivity index (χ4v) is 3.75. The van der Waals surface area contributed by atoms with Gasteiger partial charge in [-0.15, -0.1) is 0 Å². The second-order valence-electron chi connectivity index (χ2n) is 5.89. The molecule has 0 bridgehead atoms. The van der Waals surface area contributed by atoms with Crippen LogP contribution in [0.3, 0.4) is 0 Å². The number of nitrogen functional groups attached to an aromatic ring is 1. The van der Waals surface area contributed by atoms with E-state index in [2.05, 4.69) is 15.6 Å². The lowest BCUT2D eigenvalue weighted by Gasteiger charge is -2.09. The Kier molecular flexibility index (Phi) is 5.55. The molecule has 0 saturated carbocycles. The summed E-state index contributed by atoms with van der Waals surface area (Å²) in [5.41, 5.74) is 6.81. The van der Waals surface area contributed by atoms with Gasteiger partial charge in [0.15, 0.2) is 0 Å². The molecule has 2 aromatic carbocycles. The predicted octanol–water partition coefficient (Wildman–Crippen LogP) is 2.96. The molecule has 0 aliphatic carbocycles. The van der Waals surface area contributed by atoms with Crippen molar-refractivity contribution in [2.24, 2.45) is 0 Å². The van der Waals surface area contributed by atoms with Gasteiger partial charge in [0.05, 0.1) is 4.90 Å². The van der Waals surface area contributed by atoms with E-state index in [1.165, 1.54) is 30.3 Å². The molecule has 0 saturated heterocycles. The van der Waals surface area contributed by atoms with Gasteiger partial charge in [-0.1, -0.05) is 6.07 Å². The maximum atomic E-state index is 14.0. The number of carbonyl (C=O) groups is 1. The summed E-state index contributed by atoms with van der Waals surface area (Å²) in [4.78, 5) is 15.3. The van der Waals surface area contributed by atoms with Crippen molar-refractivity contribution in [2.45, 2.75) is 16.3 Å². The Morgan fingerprint density at radius 2 is 1.86 bits per heavy atom. The van der Waals surface area contributed by atoms with E-state index in [-0.39, 0.29) is 10.6 Å². The number of urea groups is 1. The first-order valence-corrected chi connectivity index (χ1v) is 9.68. The van der Waals surface area contributed by atoms with Crippen molar-refractivity contribution in [1.29, 1.82) is 0 Å². The molecule has 144 valence electrons. The van der Waals surface area contributed by atoms with E-state index in [0.29, 0.717) is 12.2 Å². The van der Waals surface area contributed by atoms with Crippen LogP contribution in [0.4, 0.5) is 20.6 Å². The van der Waals surface area contributed by atoms with Crippen molar-refractivity contribution in [3.8, 4) is 0 Å². The van der Waals surface area contributed by atoms with Crippen LogP contribution in [-0.4, -0.2) is 19.4 Å². The molecule has 4 N–H and O–H groups in total. The standard InChI is InChI=1S/C19H17FN4O3S/c20-17-10-14(21)3-8-18(17)28(26,27)16-6-4-15(5-7-16)24-19(25)23-12-13-2-1-9-22-11-13/h1-11H,12,21H2,(H2,23,24,25). The first-order valence-electron chi connectivity index (χ1n) is 8.20. The van der Waals surface area contributed by atoms with Gasteiger partial charge in [0.1, 0.15) is 10.7 Å². The van der Waals surface area contributed by atoms with E-state index in [4.69, 9.17) is 5.73 Å². The summed E-state index contributed by atoms with van der Waals surface area (Å²) in [5.74, 6) is -0.919. The van der Waals surface area contributed by atoms with E-state index < -0.39 is 26.6 Å². The number of hydrogen-bond donors (Lipinski definition) is 3. The lowest BCUT2D eigenvalue weighted by molar-refractivity contribution is 0.251. The number of pyridine rings is 1. The van der Waals surface area contributed by atoms with Crippen LogP contribution in [0.1, 0.15) is 5.56 Å². The number of rotatable bonds is 5. The summed E-state index contributed by atoms with van der Waals surface area (Å²) in [6, 6.07) is 12.0. The van der Waals surface area contributed by atoms with E-state index in [1.807, 2.05) is 6.07 Å². The maximum Gasteiger partial charge on any atom is 0.319 e. The number of nitrogens with one attached hydrogen (secondary N) is 2. The molecule has 0 radical (unpaired) electrons. The number of carbonyl (C=O) groups excluding carboxylic acids is 1. The Morgan fingerprint density at radius 1 is 1.11 bits per heavy atom. The quantitative estimate of drug-likeness (QED) is 0.570. The molecule has 1 aromatic heterocycles. The minimum absolute atomic E-state index is 0.0995. The number of amides is 2. The highest BCUT2D eigenvalue weighted by Crippen LogP contribution is 2.25. The highest BCUT2D eigenvalue weighted by Gasteiger charge is 2.21. The van der Waals surface area contributed by atoms with Crippen LogP contribution < -0.4 is 16.4 Å². The highest BCUT2D eigenvalue weighted by molar-refractivity contribution is 7.91. The van der Waals surface area contributed by atoms with Crippen LogP contribution in [0.5, 0.6) is 0 Å². The Morgan fingerprint density at radius 3 is 2.50 bits per heavy atom. The van der Waals surface area contributed by atoms with Crippen molar-refractivity contribution < 1.29 is 17.6 Å². The number of halogens is 1. The van der Waals surface area contributed by atoms with Crippen molar-refractivity contribution >= 4 is 27.2 Å². The smallest absolute Gasteiger partial charge is 0.319 e. The Bertz CT molecular complexity index is 1090. The number of benzene rings is 2. The third-order valence-corrected chi connectivity index (χ3v) is 5.65. The number of anilines is 2. The van der Waals surface area contributed by atoms with Crippen LogP contribution in [0.15, 0.2) is 76.8 Å². The zero-order chi connectivity index (χ0) is 20.1. The van der Waals surface area contributed by atoms with Gasteiger partial charge in [0, 0.05) is 30.3 Å². The summed E-state index contributed by atoms with van der Waals surface area (Å²) in [5, 5.41) is 5.25. The zero-order valence-corrected chi connectivity index (χ0v) is 15.4. The Balaban J connectivity index is 1.68. The molecule has 9 heteroatoms. The van der Waals surface area contributed by atoms with E-state index in [0.717, 1.165) is 17.7 Å². The van der Waals surface area contributed by atoms with Crippen LogP contribution in [0, 0.1) is 5.82 Å². The molecule has 0 atom stereocenters. The molecule has 0 aliphatic rings. The van der Waals surface area contributed by atoms with Gasteiger partial charge in [-0.05, 0) is 54.1 Å². The summed E-state index contributed by atoms with van der Waals surface area (Å²) >= 11 is 0. The molecule has 2 amide bonds. The Hall–Kier alpha value is -3.46. The third-order valence-electron chi connectivity index (χ3n) is 3.84.